The van der Waals surface area contributed by atoms with Gasteiger partial charge in [-0.25, -0.2) is 4.79 Å². The van der Waals surface area contributed by atoms with Gasteiger partial charge in [0.1, 0.15) is 0 Å². The van der Waals surface area contributed by atoms with Gasteiger partial charge in [0.2, 0.25) is 0 Å². The Labute approximate surface area is 146 Å². The maximum atomic E-state index is 12.0. The second kappa shape index (κ2) is 7.77. The molecule has 0 fully saturated rings. The van der Waals surface area contributed by atoms with Crippen molar-refractivity contribution < 1.29 is 14.6 Å². The summed E-state index contributed by atoms with van der Waals surface area (Å²) in [7, 11) is 0. The highest BCUT2D eigenvalue weighted by Crippen LogP contribution is 2.24. The average molecular weight is 336 g/mol. The molecule has 0 spiro atoms. The van der Waals surface area contributed by atoms with Gasteiger partial charge in [0.15, 0.2) is 5.69 Å². The highest BCUT2D eigenvalue weighted by atomic mass is 16.5. The van der Waals surface area contributed by atoms with E-state index >= 15 is 0 Å². The van der Waals surface area contributed by atoms with Crippen molar-refractivity contribution in [3.05, 3.63) is 78.0 Å². The van der Waals surface area contributed by atoms with Crippen LogP contribution >= 0.6 is 0 Å². The van der Waals surface area contributed by atoms with E-state index in [0.717, 1.165) is 16.8 Å². The molecule has 1 aromatic heterocycles. The van der Waals surface area contributed by atoms with E-state index in [2.05, 4.69) is 5.10 Å². The van der Waals surface area contributed by atoms with Crippen molar-refractivity contribution in [3.8, 4) is 11.3 Å². The zero-order chi connectivity index (χ0) is 17.6. The molecule has 0 saturated heterocycles. The predicted molar refractivity (Wildman–Crippen MR) is 95.0 cm³/mol. The Morgan fingerprint density at radius 1 is 1.12 bits per heavy atom. The van der Waals surface area contributed by atoms with E-state index in [1.54, 1.807) is 17.7 Å². The van der Waals surface area contributed by atoms with Crippen LogP contribution in [0.3, 0.4) is 0 Å². The highest BCUT2D eigenvalue weighted by Gasteiger charge is 2.18. The van der Waals surface area contributed by atoms with Crippen LogP contribution in [-0.2, 0) is 11.3 Å². The van der Waals surface area contributed by atoms with E-state index in [4.69, 9.17) is 4.74 Å². The van der Waals surface area contributed by atoms with Gasteiger partial charge in [-0.2, -0.15) is 5.10 Å². The minimum absolute atomic E-state index is 0.237. The largest absolute Gasteiger partial charge is 0.461 e. The van der Waals surface area contributed by atoms with Crippen molar-refractivity contribution in [2.45, 2.75) is 19.6 Å². The normalized spacial score (nSPS) is 11.9. The van der Waals surface area contributed by atoms with E-state index in [-0.39, 0.29) is 12.2 Å². The third-order valence-electron chi connectivity index (χ3n) is 3.86. The Bertz CT molecular complexity index is 829. The number of carbonyl (C=O) groups is 1. The first-order chi connectivity index (χ1) is 12.2. The third-order valence-corrected chi connectivity index (χ3v) is 3.86. The molecule has 5 heteroatoms. The number of nitrogens with zero attached hydrogens (tertiary/aromatic N) is 2. The van der Waals surface area contributed by atoms with E-state index in [0.29, 0.717) is 6.61 Å². The summed E-state index contributed by atoms with van der Waals surface area (Å²) in [6, 6.07) is 20.7. The fourth-order valence-corrected chi connectivity index (χ4v) is 2.65. The topological polar surface area (TPSA) is 64.3 Å². The zero-order valence-corrected chi connectivity index (χ0v) is 14.0. The van der Waals surface area contributed by atoms with Gasteiger partial charge in [-0.15, -0.1) is 0 Å². The van der Waals surface area contributed by atoms with Gasteiger partial charge in [0.25, 0.3) is 0 Å². The summed E-state index contributed by atoms with van der Waals surface area (Å²) in [6.45, 7) is 2.29. The fraction of sp³-hybridized carbons (Fsp3) is 0.200. The Hall–Kier alpha value is -2.92. The molecule has 0 aliphatic heterocycles. The summed E-state index contributed by atoms with van der Waals surface area (Å²) in [5, 5.41) is 14.9. The smallest absolute Gasteiger partial charge is 0.358 e. The standard InChI is InChI=1S/C20H20N2O3/c1-2-25-20(24)17-13-18(15-9-5-3-6-10-15)22(21-17)14-19(23)16-11-7-4-8-12-16/h3-13,19,23H,2,14H2,1H3. The number of aliphatic hydroxyl groups excluding tert-OH is 1. The lowest BCUT2D eigenvalue weighted by atomic mass is 10.1. The Kier molecular flexibility index (Phi) is 5.26. The molecule has 3 rings (SSSR count). The number of rotatable bonds is 6. The lowest BCUT2D eigenvalue weighted by molar-refractivity contribution is 0.0517. The molecule has 1 N–H and O–H groups in total. The van der Waals surface area contributed by atoms with Gasteiger partial charge in [-0.1, -0.05) is 60.7 Å². The molecule has 0 radical (unpaired) electrons. The van der Waals surface area contributed by atoms with Crippen molar-refractivity contribution in [1.82, 2.24) is 9.78 Å². The van der Waals surface area contributed by atoms with Crippen LogP contribution in [0.25, 0.3) is 11.3 Å². The van der Waals surface area contributed by atoms with Crippen molar-refractivity contribution in [2.24, 2.45) is 0 Å². The molecule has 25 heavy (non-hydrogen) atoms. The monoisotopic (exact) mass is 336 g/mol. The number of hydrogen-bond acceptors (Lipinski definition) is 4. The van der Waals surface area contributed by atoms with E-state index in [1.165, 1.54) is 0 Å². The van der Waals surface area contributed by atoms with Crippen molar-refractivity contribution in [3.63, 3.8) is 0 Å². The molecule has 0 aliphatic rings. The van der Waals surface area contributed by atoms with Gasteiger partial charge < -0.3 is 9.84 Å². The van der Waals surface area contributed by atoms with E-state index in [9.17, 15) is 9.90 Å². The molecule has 0 aliphatic carbocycles. The number of carbonyl (C=O) groups excluding carboxylic acids is 1. The van der Waals surface area contributed by atoms with Gasteiger partial charge in [0, 0.05) is 0 Å². The lowest BCUT2D eigenvalue weighted by Crippen LogP contribution is -2.12. The number of hydrogen-bond donors (Lipinski definition) is 1. The first kappa shape index (κ1) is 16.9. The third kappa shape index (κ3) is 3.95. The van der Waals surface area contributed by atoms with Crippen LogP contribution in [-0.4, -0.2) is 27.5 Å². The van der Waals surface area contributed by atoms with Gasteiger partial charge in [0.05, 0.1) is 24.9 Å². The molecule has 0 saturated carbocycles. The van der Waals surface area contributed by atoms with Crippen molar-refractivity contribution >= 4 is 5.97 Å². The van der Waals surface area contributed by atoms with Crippen LogP contribution in [0.15, 0.2) is 66.7 Å². The van der Waals surface area contributed by atoms with Crippen LogP contribution < -0.4 is 0 Å². The lowest BCUT2D eigenvalue weighted by Gasteiger charge is -2.13. The first-order valence-corrected chi connectivity index (χ1v) is 8.22. The summed E-state index contributed by atoms with van der Waals surface area (Å²) < 4.78 is 6.70. The Morgan fingerprint density at radius 2 is 1.76 bits per heavy atom. The summed E-state index contributed by atoms with van der Waals surface area (Å²) in [5.74, 6) is -0.465. The molecular weight excluding hydrogens is 316 g/mol. The SMILES string of the molecule is CCOC(=O)c1cc(-c2ccccc2)n(CC(O)c2ccccc2)n1. The molecule has 1 heterocycles. The second-order valence-electron chi connectivity index (χ2n) is 5.61. The summed E-state index contributed by atoms with van der Waals surface area (Å²) in [6.07, 6.45) is -0.724. The van der Waals surface area contributed by atoms with Gasteiger partial charge in [-0.3, -0.25) is 4.68 Å². The van der Waals surface area contributed by atoms with Crippen LogP contribution in [0.1, 0.15) is 29.1 Å². The maximum Gasteiger partial charge on any atom is 0.358 e. The molecule has 2 aromatic carbocycles. The minimum atomic E-state index is -0.724. The Balaban J connectivity index is 1.94. The molecule has 128 valence electrons. The molecule has 0 bridgehead atoms. The van der Waals surface area contributed by atoms with Crippen LogP contribution in [0.5, 0.6) is 0 Å². The second-order valence-corrected chi connectivity index (χ2v) is 5.61. The van der Waals surface area contributed by atoms with Gasteiger partial charge in [-0.05, 0) is 24.1 Å². The van der Waals surface area contributed by atoms with Gasteiger partial charge >= 0.3 is 5.97 Å². The average Bonchev–Trinajstić information content (AvgIpc) is 3.07. The number of aliphatic hydroxyl groups is 1. The Morgan fingerprint density at radius 3 is 2.40 bits per heavy atom. The number of aromatic nitrogens is 2. The van der Waals surface area contributed by atoms with Crippen molar-refractivity contribution in [2.75, 3.05) is 6.61 Å². The summed E-state index contributed by atoms with van der Waals surface area (Å²) in [4.78, 5) is 12.0. The maximum absolute atomic E-state index is 12.0. The zero-order valence-electron chi connectivity index (χ0n) is 14.0. The van der Waals surface area contributed by atoms with E-state index in [1.807, 2.05) is 60.7 Å². The quantitative estimate of drug-likeness (QED) is 0.700. The molecule has 0 amide bonds. The number of esters is 1. The summed E-state index contributed by atoms with van der Waals surface area (Å²) >= 11 is 0. The molecular formula is C20H20N2O3. The molecule has 1 atom stereocenters. The molecule has 3 aromatic rings. The van der Waals surface area contributed by atoms with E-state index < -0.39 is 12.1 Å². The van der Waals surface area contributed by atoms with Crippen molar-refractivity contribution in [1.29, 1.82) is 0 Å². The predicted octanol–water partition coefficient (Wildman–Crippen LogP) is 3.46. The number of benzene rings is 2. The fourth-order valence-electron chi connectivity index (χ4n) is 2.65. The van der Waals surface area contributed by atoms with Crippen LogP contribution in [0.2, 0.25) is 0 Å². The van der Waals surface area contributed by atoms with Crippen LogP contribution in [0, 0.1) is 0 Å². The molecule has 1 unspecified atom stereocenters. The number of ether oxygens (including phenoxy) is 1. The summed E-state index contributed by atoms with van der Waals surface area (Å²) in [5.41, 5.74) is 2.72. The highest BCUT2D eigenvalue weighted by molar-refractivity contribution is 5.88. The molecule has 5 nitrogen and oxygen atoms in total. The first-order valence-electron chi connectivity index (χ1n) is 8.22. The van der Waals surface area contributed by atoms with Crippen LogP contribution in [0.4, 0.5) is 0 Å². The minimum Gasteiger partial charge on any atom is -0.461 e.